The van der Waals surface area contributed by atoms with Gasteiger partial charge in [0.1, 0.15) is 5.69 Å². The number of aromatic nitrogens is 1. The Hall–Kier alpha value is -1.66. The lowest BCUT2D eigenvalue weighted by Gasteiger charge is -2.14. The van der Waals surface area contributed by atoms with E-state index in [1.165, 1.54) is 11.3 Å². The first-order valence-electron chi connectivity index (χ1n) is 6.03. The Morgan fingerprint density at radius 1 is 1.58 bits per heavy atom. The molecule has 2 heterocycles. The van der Waals surface area contributed by atoms with Crippen molar-refractivity contribution in [3.63, 3.8) is 0 Å². The molecule has 2 aromatic heterocycles. The number of hydrogen-bond donors (Lipinski definition) is 2. The van der Waals surface area contributed by atoms with Gasteiger partial charge in [0.15, 0.2) is 10.8 Å². The first-order chi connectivity index (χ1) is 9.08. The van der Waals surface area contributed by atoms with Crippen LogP contribution in [-0.4, -0.2) is 28.6 Å². The van der Waals surface area contributed by atoms with E-state index in [0.717, 1.165) is 0 Å². The summed E-state index contributed by atoms with van der Waals surface area (Å²) in [6.07, 6.45) is 1.02. The number of nitrogens with zero attached hydrogens (tertiary/aromatic N) is 1. The maximum absolute atomic E-state index is 11.8. The lowest BCUT2D eigenvalue weighted by molar-refractivity contribution is 0.0868. The van der Waals surface area contributed by atoms with E-state index in [1.54, 1.807) is 23.8 Å². The number of carbonyl (C=O) groups excluding carboxylic acids is 1. The highest BCUT2D eigenvalue weighted by atomic mass is 32.1. The summed E-state index contributed by atoms with van der Waals surface area (Å²) in [5.74, 6) is 0.467. The fraction of sp³-hybridized carbons (Fsp3) is 0.385. The topological polar surface area (TPSA) is 75.4 Å². The fourth-order valence-electron chi connectivity index (χ4n) is 1.41. The highest BCUT2D eigenvalue weighted by Gasteiger charge is 2.15. The van der Waals surface area contributed by atoms with E-state index in [9.17, 15) is 9.90 Å². The second-order valence-electron chi connectivity index (χ2n) is 4.54. The van der Waals surface area contributed by atoms with E-state index in [1.807, 2.05) is 13.8 Å². The van der Waals surface area contributed by atoms with Crippen LogP contribution in [0.15, 0.2) is 28.2 Å². The van der Waals surface area contributed by atoms with Gasteiger partial charge in [0, 0.05) is 11.9 Å². The van der Waals surface area contributed by atoms with Crippen molar-refractivity contribution in [2.75, 3.05) is 6.54 Å². The molecule has 1 unspecified atom stereocenters. The Kier molecular flexibility index (Phi) is 4.34. The van der Waals surface area contributed by atoms with Gasteiger partial charge in [-0.1, -0.05) is 13.8 Å². The zero-order valence-electron chi connectivity index (χ0n) is 10.8. The number of aliphatic hydroxyl groups is 1. The minimum Gasteiger partial charge on any atom is -0.462 e. The van der Waals surface area contributed by atoms with Crippen molar-refractivity contribution >= 4 is 17.2 Å². The van der Waals surface area contributed by atoms with Crippen molar-refractivity contribution in [3.8, 4) is 10.8 Å². The lowest BCUT2D eigenvalue weighted by atomic mass is 10.1. The molecule has 0 saturated carbocycles. The molecular weight excluding hydrogens is 264 g/mol. The number of furan rings is 1. The molecule has 0 aromatic carbocycles. The summed E-state index contributed by atoms with van der Waals surface area (Å²) < 4.78 is 5.22. The van der Waals surface area contributed by atoms with Gasteiger partial charge < -0.3 is 14.8 Å². The summed E-state index contributed by atoms with van der Waals surface area (Å²) in [5, 5.41) is 14.6. The molecule has 19 heavy (non-hydrogen) atoms. The molecule has 1 atom stereocenters. The predicted octanol–water partition coefficient (Wildman–Crippen LogP) is 2.15. The second kappa shape index (κ2) is 5.99. The number of aliphatic hydroxyl groups excluding tert-OH is 1. The molecule has 0 fully saturated rings. The Bertz CT molecular complexity index is 534. The number of rotatable bonds is 5. The van der Waals surface area contributed by atoms with Gasteiger partial charge in [-0.05, 0) is 18.1 Å². The van der Waals surface area contributed by atoms with Crippen LogP contribution in [0.2, 0.25) is 0 Å². The zero-order valence-corrected chi connectivity index (χ0v) is 11.6. The summed E-state index contributed by atoms with van der Waals surface area (Å²) >= 11 is 1.35. The standard InChI is InChI=1S/C13H16N2O3S/c1-8(2)10(16)6-14-12(17)9-7-19-13(15-9)11-4-3-5-18-11/h3-5,7-8,10,16H,6H2,1-2H3,(H,14,17). The lowest BCUT2D eigenvalue weighted by Crippen LogP contribution is -2.34. The number of carbonyl (C=O) groups is 1. The summed E-state index contributed by atoms with van der Waals surface area (Å²) in [6, 6.07) is 3.57. The van der Waals surface area contributed by atoms with E-state index in [2.05, 4.69) is 10.3 Å². The van der Waals surface area contributed by atoms with Crippen LogP contribution in [0.4, 0.5) is 0 Å². The van der Waals surface area contributed by atoms with Gasteiger partial charge >= 0.3 is 0 Å². The molecule has 2 N–H and O–H groups in total. The number of nitrogens with one attached hydrogen (secondary N) is 1. The van der Waals surface area contributed by atoms with E-state index >= 15 is 0 Å². The molecule has 0 spiro atoms. The Morgan fingerprint density at radius 2 is 2.37 bits per heavy atom. The monoisotopic (exact) mass is 280 g/mol. The van der Waals surface area contributed by atoms with Crippen LogP contribution in [0.25, 0.3) is 10.8 Å². The molecule has 1 amide bonds. The highest BCUT2D eigenvalue weighted by molar-refractivity contribution is 7.13. The Labute approximate surface area is 115 Å². The molecule has 2 aromatic rings. The van der Waals surface area contributed by atoms with Crippen molar-refractivity contribution in [3.05, 3.63) is 29.5 Å². The maximum Gasteiger partial charge on any atom is 0.270 e. The highest BCUT2D eigenvalue weighted by Crippen LogP contribution is 2.23. The summed E-state index contributed by atoms with van der Waals surface area (Å²) in [6.45, 7) is 4.02. The molecule has 5 nitrogen and oxygen atoms in total. The summed E-state index contributed by atoms with van der Waals surface area (Å²) in [5.41, 5.74) is 0.340. The van der Waals surface area contributed by atoms with Crippen LogP contribution in [-0.2, 0) is 0 Å². The normalized spacial score (nSPS) is 12.6. The van der Waals surface area contributed by atoms with Crippen molar-refractivity contribution in [1.82, 2.24) is 10.3 Å². The molecule has 0 aliphatic rings. The van der Waals surface area contributed by atoms with Gasteiger partial charge in [-0.25, -0.2) is 4.98 Å². The van der Waals surface area contributed by atoms with Gasteiger partial charge in [0.05, 0.1) is 12.4 Å². The van der Waals surface area contributed by atoms with Gasteiger partial charge in [-0.2, -0.15) is 0 Å². The average Bonchev–Trinajstić information content (AvgIpc) is 3.04. The summed E-state index contributed by atoms with van der Waals surface area (Å²) in [7, 11) is 0. The van der Waals surface area contributed by atoms with Gasteiger partial charge in [-0.15, -0.1) is 11.3 Å². The maximum atomic E-state index is 11.8. The van der Waals surface area contributed by atoms with E-state index in [0.29, 0.717) is 16.5 Å². The van der Waals surface area contributed by atoms with Gasteiger partial charge in [0.25, 0.3) is 5.91 Å². The van der Waals surface area contributed by atoms with Crippen LogP contribution >= 0.6 is 11.3 Å². The fourth-order valence-corrected chi connectivity index (χ4v) is 2.18. The number of hydrogen-bond acceptors (Lipinski definition) is 5. The largest absolute Gasteiger partial charge is 0.462 e. The zero-order chi connectivity index (χ0) is 13.8. The smallest absolute Gasteiger partial charge is 0.270 e. The molecule has 0 aliphatic heterocycles. The molecule has 6 heteroatoms. The van der Waals surface area contributed by atoms with Crippen LogP contribution in [0, 0.1) is 5.92 Å². The van der Waals surface area contributed by atoms with E-state index < -0.39 is 6.10 Å². The first-order valence-corrected chi connectivity index (χ1v) is 6.91. The van der Waals surface area contributed by atoms with E-state index in [-0.39, 0.29) is 18.4 Å². The minimum absolute atomic E-state index is 0.106. The molecular formula is C13H16N2O3S. The van der Waals surface area contributed by atoms with Crippen molar-refractivity contribution in [1.29, 1.82) is 0 Å². The average molecular weight is 280 g/mol. The van der Waals surface area contributed by atoms with Crippen molar-refractivity contribution in [2.45, 2.75) is 20.0 Å². The Balaban J connectivity index is 1.97. The molecule has 0 aliphatic carbocycles. The van der Waals surface area contributed by atoms with Crippen LogP contribution in [0.1, 0.15) is 24.3 Å². The van der Waals surface area contributed by atoms with Crippen molar-refractivity contribution in [2.24, 2.45) is 5.92 Å². The minimum atomic E-state index is -0.549. The van der Waals surface area contributed by atoms with Crippen LogP contribution < -0.4 is 5.32 Å². The SMILES string of the molecule is CC(C)C(O)CNC(=O)c1csc(-c2ccco2)n1. The predicted molar refractivity (Wildman–Crippen MR) is 73.0 cm³/mol. The van der Waals surface area contributed by atoms with Gasteiger partial charge in [-0.3, -0.25) is 4.79 Å². The van der Waals surface area contributed by atoms with Crippen molar-refractivity contribution < 1.29 is 14.3 Å². The van der Waals surface area contributed by atoms with Gasteiger partial charge in [0.2, 0.25) is 0 Å². The van der Waals surface area contributed by atoms with Crippen LogP contribution in [0.3, 0.4) is 0 Å². The van der Waals surface area contributed by atoms with E-state index in [4.69, 9.17) is 4.42 Å². The quantitative estimate of drug-likeness (QED) is 0.880. The third-order valence-corrected chi connectivity index (χ3v) is 3.57. The number of thiazole rings is 1. The molecule has 2 rings (SSSR count). The molecule has 0 bridgehead atoms. The summed E-state index contributed by atoms with van der Waals surface area (Å²) in [4.78, 5) is 16.1. The molecule has 0 radical (unpaired) electrons. The number of amides is 1. The third kappa shape index (κ3) is 3.42. The van der Waals surface area contributed by atoms with Crippen LogP contribution in [0.5, 0.6) is 0 Å². The first kappa shape index (κ1) is 13.8. The third-order valence-electron chi connectivity index (χ3n) is 2.71. The molecule has 102 valence electrons. The Morgan fingerprint density at radius 3 is 3.00 bits per heavy atom. The molecule has 0 saturated heterocycles. The second-order valence-corrected chi connectivity index (χ2v) is 5.39.